The molecule has 0 radical (unpaired) electrons. The van der Waals surface area contributed by atoms with Gasteiger partial charge >= 0.3 is 0 Å². The minimum absolute atomic E-state index is 0.0613. The van der Waals surface area contributed by atoms with E-state index in [-0.39, 0.29) is 17.9 Å². The highest BCUT2D eigenvalue weighted by molar-refractivity contribution is 5.95. The number of amides is 2. The van der Waals surface area contributed by atoms with Crippen LogP contribution in [0.5, 0.6) is 0 Å². The Morgan fingerprint density at radius 1 is 1.33 bits per heavy atom. The van der Waals surface area contributed by atoms with Crippen molar-refractivity contribution in [2.75, 3.05) is 19.6 Å². The summed E-state index contributed by atoms with van der Waals surface area (Å²) in [7, 11) is 0. The minimum atomic E-state index is -0.0656. The molecule has 2 aliphatic rings. The van der Waals surface area contributed by atoms with Crippen LogP contribution in [0.25, 0.3) is 5.65 Å². The van der Waals surface area contributed by atoms with E-state index in [0.717, 1.165) is 17.9 Å². The lowest BCUT2D eigenvalue weighted by Gasteiger charge is -2.35. The van der Waals surface area contributed by atoms with E-state index in [4.69, 9.17) is 0 Å². The zero-order chi connectivity index (χ0) is 19.1. The van der Waals surface area contributed by atoms with E-state index in [1.807, 2.05) is 22.8 Å². The quantitative estimate of drug-likeness (QED) is 0.828. The van der Waals surface area contributed by atoms with Gasteiger partial charge < -0.3 is 9.80 Å². The number of rotatable bonds is 4. The largest absolute Gasteiger partial charge is 0.337 e. The van der Waals surface area contributed by atoms with Gasteiger partial charge in [0.1, 0.15) is 0 Å². The van der Waals surface area contributed by atoms with Crippen LogP contribution >= 0.6 is 0 Å². The molecule has 144 valence electrons. The number of fused-ring (bicyclic) bond motifs is 1. The standard InChI is InChI=1S/C20H27N5O2/c1-13(2)17-12-23(9-7-19(26)24(17)11-15-4-5-15)20(27)16-10-21-18-6-8-22-25(18)14(16)3/h6,8,10,13,15,17H,4-5,7,9,11-12H2,1-3H3/t17-/m1/s1. The molecular weight excluding hydrogens is 342 g/mol. The summed E-state index contributed by atoms with van der Waals surface area (Å²) in [5, 5.41) is 4.25. The molecule has 4 rings (SSSR count). The van der Waals surface area contributed by atoms with E-state index in [1.165, 1.54) is 12.8 Å². The van der Waals surface area contributed by atoms with Crippen LogP contribution < -0.4 is 0 Å². The summed E-state index contributed by atoms with van der Waals surface area (Å²) in [5.74, 6) is 1.05. The number of hydrogen-bond donors (Lipinski definition) is 0. The predicted molar refractivity (Wildman–Crippen MR) is 101 cm³/mol. The van der Waals surface area contributed by atoms with Gasteiger partial charge in [-0.1, -0.05) is 13.8 Å². The number of aromatic nitrogens is 3. The molecule has 0 N–H and O–H groups in total. The van der Waals surface area contributed by atoms with E-state index < -0.39 is 0 Å². The Morgan fingerprint density at radius 2 is 2.11 bits per heavy atom. The highest BCUT2D eigenvalue weighted by Gasteiger charge is 2.37. The van der Waals surface area contributed by atoms with E-state index in [1.54, 1.807) is 16.9 Å². The Hall–Kier alpha value is -2.44. The van der Waals surface area contributed by atoms with Crippen LogP contribution in [0.1, 0.15) is 49.2 Å². The summed E-state index contributed by atoms with van der Waals surface area (Å²) >= 11 is 0. The van der Waals surface area contributed by atoms with Gasteiger partial charge in [0.25, 0.3) is 5.91 Å². The first-order chi connectivity index (χ1) is 13.0. The smallest absolute Gasteiger partial charge is 0.257 e. The highest BCUT2D eigenvalue weighted by atomic mass is 16.2. The molecule has 7 nitrogen and oxygen atoms in total. The second-order valence-electron chi connectivity index (χ2n) is 8.16. The molecule has 27 heavy (non-hydrogen) atoms. The maximum absolute atomic E-state index is 13.3. The van der Waals surface area contributed by atoms with Crippen LogP contribution in [0, 0.1) is 18.8 Å². The van der Waals surface area contributed by atoms with Crippen molar-refractivity contribution in [1.29, 1.82) is 0 Å². The van der Waals surface area contributed by atoms with Crippen molar-refractivity contribution < 1.29 is 9.59 Å². The first-order valence-electron chi connectivity index (χ1n) is 9.83. The summed E-state index contributed by atoms with van der Waals surface area (Å²) in [6.07, 6.45) is 6.13. The van der Waals surface area contributed by atoms with Gasteiger partial charge in [-0.25, -0.2) is 9.50 Å². The van der Waals surface area contributed by atoms with Gasteiger partial charge in [-0.2, -0.15) is 5.10 Å². The number of carbonyl (C=O) groups excluding carboxylic acids is 2. The summed E-state index contributed by atoms with van der Waals surface area (Å²) in [4.78, 5) is 34.3. The van der Waals surface area contributed by atoms with Crippen molar-refractivity contribution in [3.63, 3.8) is 0 Å². The molecule has 1 atom stereocenters. The van der Waals surface area contributed by atoms with E-state index >= 15 is 0 Å². The Bertz CT molecular complexity index is 870. The fourth-order valence-electron chi connectivity index (χ4n) is 3.92. The summed E-state index contributed by atoms with van der Waals surface area (Å²) in [5.41, 5.74) is 2.06. The zero-order valence-corrected chi connectivity index (χ0v) is 16.3. The summed E-state index contributed by atoms with van der Waals surface area (Å²) < 4.78 is 1.69. The molecule has 1 saturated carbocycles. The normalized spacial score (nSPS) is 21.2. The third-order valence-electron chi connectivity index (χ3n) is 5.82. The maximum atomic E-state index is 13.3. The fourth-order valence-corrected chi connectivity index (χ4v) is 3.92. The first kappa shape index (κ1) is 17.9. The lowest BCUT2D eigenvalue weighted by molar-refractivity contribution is -0.133. The first-order valence-corrected chi connectivity index (χ1v) is 9.83. The molecule has 0 spiro atoms. The van der Waals surface area contributed by atoms with Gasteiger partial charge in [-0.15, -0.1) is 0 Å². The number of nitrogens with zero attached hydrogens (tertiary/aromatic N) is 5. The second kappa shape index (κ2) is 6.94. The van der Waals surface area contributed by atoms with Gasteiger partial charge in [-0.3, -0.25) is 9.59 Å². The average molecular weight is 369 g/mol. The zero-order valence-electron chi connectivity index (χ0n) is 16.3. The van der Waals surface area contributed by atoms with Crippen molar-refractivity contribution in [2.45, 2.75) is 46.1 Å². The third kappa shape index (κ3) is 3.42. The van der Waals surface area contributed by atoms with Gasteiger partial charge in [0, 0.05) is 38.3 Å². The van der Waals surface area contributed by atoms with Crippen LogP contribution in [-0.4, -0.2) is 61.9 Å². The molecule has 0 aromatic carbocycles. The minimum Gasteiger partial charge on any atom is -0.337 e. The van der Waals surface area contributed by atoms with Gasteiger partial charge in [-0.05, 0) is 31.6 Å². The van der Waals surface area contributed by atoms with Crippen LogP contribution in [0.4, 0.5) is 0 Å². The predicted octanol–water partition coefficient (Wildman–Crippen LogP) is 2.15. The molecule has 1 saturated heterocycles. The van der Waals surface area contributed by atoms with Crippen molar-refractivity contribution in [2.24, 2.45) is 11.8 Å². The molecule has 7 heteroatoms. The molecule has 1 aliphatic heterocycles. The summed E-state index contributed by atoms with van der Waals surface area (Å²) in [6, 6.07) is 1.88. The molecule has 2 aromatic heterocycles. The van der Waals surface area contributed by atoms with Crippen LogP contribution in [0.15, 0.2) is 18.5 Å². The lowest BCUT2D eigenvalue weighted by Crippen LogP contribution is -2.48. The Balaban J connectivity index is 1.61. The molecule has 1 aliphatic carbocycles. The maximum Gasteiger partial charge on any atom is 0.257 e. The average Bonchev–Trinajstić information content (AvgIpc) is 3.36. The molecule has 3 heterocycles. The lowest BCUT2D eigenvalue weighted by atomic mass is 10.0. The third-order valence-corrected chi connectivity index (χ3v) is 5.82. The van der Waals surface area contributed by atoms with Crippen LogP contribution in [-0.2, 0) is 4.79 Å². The van der Waals surface area contributed by atoms with Crippen LogP contribution in [0.2, 0.25) is 0 Å². The molecule has 0 unspecified atom stereocenters. The van der Waals surface area contributed by atoms with Crippen molar-refractivity contribution in [3.8, 4) is 0 Å². The van der Waals surface area contributed by atoms with E-state index in [0.29, 0.717) is 36.9 Å². The molecule has 2 amide bonds. The number of hydrogen-bond acceptors (Lipinski definition) is 4. The Morgan fingerprint density at radius 3 is 2.81 bits per heavy atom. The number of carbonyl (C=O) groups is 2. The Kier molecular flexibility index (Phi) is 4.61. The Labute approximate surface area is 159 Å². The molecular formula is C20H27N5O2. The summed E-state index contributed by atoms with van der Waals surface area (Å²) in [6.45, 7) is 8.02. The molecule has 0 bridgehead atoms. The van der Waals surface area contributed by atoms with Crippen molar-refractivity contribution in [3.05, 3.63) is 29.7 Å². The SMILES string of the molecule is Cc1c(C(=O)N2CCC(=O)N(CC3CC3)[C@@H](C(C)C)C2)cnc2ccnn12. The van der Waals surface area contributed by atoms with Crippen molar-refractivity contribution in [1.82, 2.24) is 24.4 Å². The topological polar surface area (TPSA) is 70.8 Å². The van der Waals surface area contributed by atoms with Gasteiger partial charge in [0.05, 0.1) is 23.5 Å². The monoisotopic (exact) mass is 369 g/mol. The molecule has 2 aromatic rings. The molecule has 2 fully saturated rings. The fraction of sp³-hybridized carbons (Fsp3) is 0.600. The van der Waals surface area contributed by atoms with E-state index in [9.17, 15) is 9.59 Å². The van der Waals surface area contributed by atoms with Crippen LogP contribution in [0.3, 0.4) is 0 Å². The van der Waals surface area contributed by atoms with Crippen molar-refractivity contribution >= 4 is 17.5 Å². The second-order valence-corrected chi connectivity index (χ2v) is 8.16. The van der Waals surface area contributed by atoms with Gasteiger partial charge in [0.2, 0.25) is 5.91 Å². The van der Waals surface area contributed by atoms with E-state index in [2.05, 4.69) is 23.9 Å². The highest BCUT2D eigenvalue weighted by Crippen LogP contribution is 2.32. The van der Waals surface area contributed by atoms with Gasteiger partial charge in [0.15, 0.2) is 5.65 Å². The number of aryl methyl sites for hydroxylation is 1.